The average Bonchev–Trinajstić information content (AvgIpc) is 3.04. The normalized spacial score (nSPS) is 10.6. The van der Waals surface area contributed by atoms with Gasteiger partial charge in [-0.05, 0) is 35.9 Å². The molecule has 0 aliphatic carbocycles. The predicted molar refractivity (Wildman–Crippen MR) is 91.4 cm³/mol. The number of Topliss-reactive ketones (excluding diaryl/α,β-unsaturated/α-hetero) is 1. The number of ketones is 1. The summed E-state index contributed by atoms with van der Waals surface area (Å²) >= 11 is 6.88. The second kappa shape index (κ2) is 8.42. The minimum atomic E-state index is -0.636. The highest BCUT2D eigenvalue weighted by Gasteiger charge is 2.11. The summed E-state index contributed by atoms with van der Waals surface area (Å²) in [6.07, 6.45) is 2.73. The van der Waals surface area contributed by atoms with Crippen LogP contribution in [0.2, 0.25) is 4.34 Å². The van der Waals surface area contributed by atoms with E-state index in [1.165, 1.54) is 19.3 Å². The Hall–Kier alpha value is -2.44. The minimum Gasteiger partial charge on any atom is -0.465 e. The lowest BCUT2D eigenvalue weighted by atomic mass is 10.1. The molecule has 0 spiro atoms. The van der Waals surface area contributed by atoms with Gasteiger partial charge in [0.2, 0.25) is 5.78 Å². The smallest absolute Gasteiger partial charge is 0.337 e. The third-order valence-electron chi connectivity index (χ3n) is 2.94. The molecule has 0 unspecified atom stereocenters. The number of hydrogen-bond acceptors (Lipinski definition) is 6. The first-order valence-corrected chi connectivity index (χ1v) is 8.01. The molecule has 2 rings (SSSR count). The van der Waals surface area contributed by atoms with E-state index in [9.17, 15) is 14.4 Å². The Labute approximate surface area is 147 Å². The predicted octanol–water partition coefficient (Wildman–Crippen LogP) is 3.63. The molecule has 0 amide bonds. The van der Waals surface area contributed by atoms with Crippen LogP contribution in [0.4, 0.5) is 0 Å². The summed E-state index contributed by atoms with van der Waals surface area (Å²) in [7, 11) is 1.30. The number of hydrogen-bond donors (Lipinski definition) is 0. The molecule has 24 heavy (non-hydrogen) atoms. The molecule has 1 heterocycles. The Kier molecular flexibility index (Phi) is 6.28. The van der Waals surface area contributed by atoms with Crippen molar-refractivity contribution in [1.29, 1.82) is 0 Å². The van der Waals surface area contributed by atoms with Crippen LogP contribution >= 0.6 is 22.9 Å². The maximum absolute atomic E-state index is 11.8. The lowest BCUT2D eigenvalue weighted by molar-refractivity contribution is -0.136. The Morgan fingerprint density at radius 2 is 1.83 bits per heavy atom. The second-order valence-electron chi connectivity index (χ2n) is 4.58. The van der Waals surface area contributed by atoms with Crippen LogP contribution < -0.4 is 0 Å². The average molecular weight is 365 g/mol. The van der Waals surface area contributed by atoms with Gasteiger partial charge in [0.1, 0.15) is 0 Å². The maximum Gasteiger partial charge on any atom is 0.337 e. The third-order valence-corrected chi connectivity index (χ3v) is 4.21. The van der Waals surface area contributed by atoms with Crippen molar-refractivity contribution in [2.24, 2.45) is 0 Å². The van der Waals surface area contributed by atoms with Gasteiger partial charge in [-0.2, -0.15) is 0 Å². The van der Waals surface area contributed by atoms with Gasteiger partial charge in [-0.1, -0.05) is 23.7 Å². The van der Waals surface area contributed by atoms with E-state index in [1.807, 2.05) is 0 Å². The molecule has 0 radical (unpaired) electrons. The van der Waals surface area contributed by atoms with E-state index >= 15 is 0 Å². The van der Waals surface area contributed by atoms with E-state index in [-0.39, 0.29) is 12.4 Å². The number of methoxy groups -OCH3 is 1. The number of benzene rings is 1. The van der Waals surface area contributed by atoms with Gasteiger partial charge >= 0.3 is 11.9 Å². The van der Waals surface area contributed by atoms with Crippen molar-refractivity contribution >= 4 is 46.7 Å². The second-order valence-corrected chi connectivity index (χ2v) is 6.30. The largest absolute Gasteiger partial charge is 0.465 e. The summed E-state index contributed by atoms with van der Waals surface area (Å²) in [6, 6.07) is 9.69. The van der Waals surface area contributed by atoms with Crippen LogP contribution in [0.25, 0.3) is 6.08 Å². The molecule has 0 atom stereocenters. The highest BCUT2D eigenvalue weighted by molar-refractivity contribution is 7.18. The van der Waals surface area contributed by atoms with Gasteiger partial charge in [-0.15, -0.1) is 11.3 Å². The lowest BCUT2D eigenvalue weighted by Crippen LogP contribution is -2.11. The fourth-order valence-electron chi connectivity index (χ4n) is 1.73. The maximum atomic E-state index is 11.8. The number of ether oxygens (including phenoxy) is 2. The van der Waals surface area contributed by atoms with Crippen molar-refractivity contribution in [3.63, 3.8) is 0 Å². The highest BCUT2D eigenvalue weighted by Crippen LogP contribution is 2.21. The number of carbonyl (C=O) groups is 3. The highest BCUT2D eigenvalue weighted by atomic mass is 35.5. The fraction of sp³-hybridized carbons (Fsp3) is 0.118. The van der Waals surface area contributed by atoms with Gasteiger partial charge in [0.25, 0.3) is 0 Å². The topological polar surface area (TPSA) is 69.7 Å². The molecule has 0 N–H and O–H groups in total. The molecule has 0 bridgehead atoms. The van der Waals surface area contributed by atoms with E-state index in [0.717, 1.165) is 11.3 Å². The first-order chi connectivity index (χ1) is 11.5. The summed E-state index contributed by atoms with van der Waals surface area (Å²) in [6.45, 7) is -0.346. The molecule has 0 fully saturated rings. The zero-order valence-electron chi connectivity index (χ0n) is 12.7. The number of carbonyl (C=O) groups excluding carboxylic acids is 3. The van der Waals surface area contributed by atoms with E-state index in [4.69, 9.17) is 16.3 Å². The number of halogens is 1. The Balaban J connectivity index is 1.86. The van der Waals surface area contributed by atoms with Crippen LogP contribution in [-0.2, 0) is 14.3 Å². The third kappa shape index (κ3) is 5.04. The lowest BCUT2D eigenvalue weighted by Gasteiger charge is -2.00. The van der Waals surface area contributed by atoms with E-state index in [0.29, 0.717) is 20.3 Å². The molecular weight excluding hydrogens is 352 g/mol. The van der Waals surface area contributed by atoms with E-state index in [1.54, 1.807) is 36.4 Å². The molecule has 1 aromatic heterocycles. The Morgan fingerprint density at radius 1 is 1.12 bits per heavy atom. The Morgan fingerprint density at radius 3 is 2.42 bits per heavy atom. The summed E-state index contributed by atoms with van der Waals surface area (Å²) in [5.41, 5.74) is 1.12. The zero-order valence-corrected chi connectivity index (χ0v) is 14.2. The van der Waals surface area contributed by atoms with E-state index in [2.05, 4.69) is 4.74 Å². The first-order valence-electron chi connectivity index (χ1n) is 6.81. The molecule has 2 aromatic rings. The standard InChI is InChI=1S/C17H13ClO5S/c1-22-17(21)12-5-2-11(3-6-12)4-9-16(20)23-10-13(19)14-7-8-15(18)24-14/h2-9H,10H2,1H3/b9-4+. The van der Waals surface area contributed by atoms with Gasteiger partial charge < -0.3 is 9.47 Å². The quantitative estimate of drug-likeness (QED) is 0.444. The van der Waals surface area contributed by atoms with Crippen LogP contribution in [0.5, 0.6) is 0 Å². The van der Waals surface area contributed by atoms with E-state index < -0.39 is 11.9 Å². The van der Waals surface area contributed by atoms with Crippen LogP contribution in [0.3, 0.4) is 0 Å². The van der Waals surface area contributed by atoms with Gasteiger partial charge in [-0.3, -0.25) is 4.79 Å². The van der Waals surface area contributed by atoms with Crippen molar-refractivity contribution in [3.8, 4) is 0 Å². The minimum absolute atomic E-state index is 0.309. The SMILES string of the molecule is COC(=O)c1ccc(/C=C/C(=O)OCC(=O)c2ccc(Cl)s2)cc1. The van der Waals surface area contributed by atoms with Crippen molar-refractivity contribution in [3.05, 3.63) is 62.8 Å². The van der Waals surface area contributed by atoms with Gasteiger partial charge in [-0.25, -0.2) is 9.59 Å². The summed E-state index contributed by atoms with van der Waals surface area (Å²) in [5.74, 6) is -1.38. The zero-order chi connectivity index (χ0) is 17.5. The number of esters is 2. The van der Waals surface area contributed by atoms with Gasteiger partial charge in [0.15, 0.2) is 6.61 Å². The Bertz CT molecular complexity index is 777. The number of thiophene rings is 1. The van der Waals surface area contributed by atoms with Gasteiger partial charge in [0.05, 0.1) is 21.9 Å². The number of rotatable bonds is 6. The summed E-state index contributed by atoms with van der Waals surface area (Å²) in [5, 5.41) is 0. The molecule has 5 nitrogen and oxygen atoms in total. The van der Waals surface area contributed by atoms with Crippen LogP contribution in [0.15, 0.2) is 42.5 Å². The molecule has 0 saturated carbocycles. The summed E-state index contributed by atoms with van der Waals surface area (Å²) in [4.78, 5) is 35.1. The molecular formula is C17H13ClO5S. The monoisotopic (exact) mass is 364 g/mol. The molecule has 7 heteroatoms. The molecule has 124 valence electrons. The van der Waals surface area contributed by atoms with Crippen LogP contribution in [0, 0.1) is 0 Å². The van der Waals surface area contributed by atoms with Crippen molar-refractivity contribution in [2.75, 3.05) is 13.7 Å². The first kappa shape index (κ1) is 17.9. The fourth-order valence-corrected chi connectivity index (χ4v) is 2.70. The molecule has 1 aromatic carbocycles. The van der Waals surface area contributed by atoms with Crippen LogP contribution in [-0.4, -0.2) is 31.4 Å². The van der Waals surface area contributed by atoms with Crippen molar-refractivity contribution in [2.45, 2.75) is 0 Å². The van der Waals surface area contributed by atoms with Crippen molar-refractivity contribution < 1.29 is 23.9 Å². The molecule has 0 aliphatic heterocycles. The molecule has 0 aliphatic rings. The van der Waals surface area contributed by atoms with Gasteiger partial charge in [0, 0.05) is 6.08 Å². The van der Waals surface area contributed by atoms with Crippen molar-refractivity contribution in [1.82, 2.24) is 0 Å². The molecule has 0 saturated heterocycles. The summed E-state index contributed by atoms with van der Waals surface area (Å²) < 4.78 is 9.98. The van der Waals surface area contributed by atoms with Crippen LogP contribution in [0.1, 0.15) is 25.6 Å².